The lowest BCUT2D eigenvalue weighted by Crippen LogP contribution is -2.54. The zero-order chi connectivity index (χ0) is 15.3. The van der Waals surface area contributed by atoms with E-state index in [1.165, 1.54) is 28.6 Å². The Labute approximate surface area is 123 Å². The topological polar surface area (TPSA) is 95.0 Å². The number of urea groups is 1. The van der Waals surface area contributed by atoms with E-state index in [0.717, 1.165) is 0 Å². The lowest BCUT2D eigenvalue weighted by Gasteiger charge is -2.37. The number of carbonyl (C=O) groups is 2. The predicted octanol–water partition coefficient (Wildman–Crippen LogP) is 0.323. The number of carboxylic acids is 1. The van der Waals surface area contributed by atoms with E-state index in [1.54, 1.807) is 6.92 Å². The highest BCUT2D eigenvalue weighted by atomic mass is 32.2. The van der Waals surface area contributed by atoms with Crippen molar-refractivity contribution in [3.8, 4) is 0 Å². The van der Waals surface area contributed by atoms with Crippen LogP contribution in [-0.2, 0) is 14.6 Å². The Kier molecular flexibility index (Phi) is 6.12. The van der Waals surface area contributed by atoms with Crippen LogP contribution >= 0.6 is 11.8 Å². The van der Waals surface area contributed by atoms with Gasteiger partial charge in [-0.15, -0.1) is 0 Å². The van der Waals surface area contributed by atoms with Crippen LogP contribution < -0.4 is 0 Å². The molecular formula is C11H20N2O5S2. The molecule has 0 aliphatic carbocycles. The van der Waals surface area contributed by atoms with Crippen LogP contribution in [0.15, 0.2) is 0 Å². The van der Waals surface area contributed by atoms with Crippen LogP contribution in [0, 0.1) is 0 Å². The highest BCUT2D eigenvalue weighted by molar-refractivity contribution is 8.01. The minimum atomic E-state index is -3.34. The van der Waals surface area contributed by atoms with Gasteiger partial charge in [0.25, 0.3) is 0 Å². The first-order chi connectivity index (χ1) is 9.29. The molecule has 2 amide bonds. The number of carbonyl (C=O) groups excluding carboxylic acids is 1. The largest absolute Gasteiger partial charge is 0.481 e. The summed E-state index contributed by atoms with van der Waals surface area (Å²) in [5, 5.41) is 7.81. The zero-order valence-electron chi connectivity index (χ0n) is 11.6. The van der Waals surface area contributed by atoms with Gasteiger partial charge in [0.1, 0.15) is 5.37 Å². The van der Waals surface area contributed by atoms with Crippen molar-refractivity contribution in [3.05, 3.63) is 0 Å². The van der Waals surface area contributed by atoms with Gasteiger partial charge >= 0.3 is 12.0 Å². The second-order valence-electron chi connectivity index (χ2n) is 4.52. The number of nitrogens with zero attached hydrogens (tertiary/aromatic N) is 2. The van der Waals surface area contributed by atoms with E-state index < -0.39 is 27.2 Å². The fourth-order valence-corrected chi connectivity index (χ4v) is 4.83. The van der Waals surface area contributed by atoms with Crippen molar-refractivity contribution in [1.29, 1.82) is 0 Å². The van der Waals surface area contributed by atoms with Gasteiger partial charge in [0.15, 0.2) is 9.84 Å². The van der Waals surface area contributed by atoms with E-state index in [2.05, 4.69) is 0 Å². The summed E-state index contributed by atoms with van der Waals surface area (Å²) in [7, 11) is -1.85. The van der Waals surface area contributed by atoms with Crippen LogP contribution in [-0.4, -0.2) is 78.1 Å². The summed E-state index contributed by atoms with van der Waals surface area (Å²) in [5.74, 6) is 0.0561. The van der Waals surface area contributed by atoms with E-state index in [0.29, 0.717) is 18.1 Å². The van der Waals surface area contributed by atoms with Gasteiger partial charge in [-0.05, 0) is 0 Å². The van der Waals surface area contributed by atoms with Crippen LogP contribution in [0.4, 0.5) is 4.79 Å². The van der Waals surface area contributed by atoms with Gasteiger partial charge in [-0.3, -0.25) is 4.79 Å². The van der Waals surface area contributed by atoms with Gasteiger partial charge in [-0.2, -0.15) is 11.8 Å². The summed E-state index contributed by atoms with van der Waals surface area (Å²) in [5.41, 5.74) is 0. The molecule has 0 bridgehead atoms. The molecule has 1 fully saturated rings. The molecule has 1 unspecified atom stereocenters. The Bertz CT molecular complexity index is 465. The Morgan fingerprint density at radius 3 is 2.65 bits per heavy atom. The predicted molar refractivity (Wildman–Crippen MR) is 77.6 cm³/mol. The molecule has 1 atom stereocenters. The van der Waals surface area contributed by atoms with Gasteiger partial charge < -0.3 is 14.9 Å². The third-order valence-corrected chi connectivity index (χ3v) is 6.42. The first-order valence-corrected chi connectivity index (χ1v) is 9.19. The lowest BCUT2D eigenvalue weighted by atomic mass is 10.4. The molecule has 0 spiro atoms. The fourth-order valence-electron chi connectivity index (χ4n) is 1.87. The van der Waals surface area contributed by atoms with Gasteiger partial charge in [-0.25, -0.2) is 13.2 Å². The number of rotatable bonds is 5. The average Bonchev–Trinajstić information content (AvgIpc) is 2.43. The highest BCUT2D eigenvalue weighted by Gasteiger charge is 2.36. The fraction of sp³-hybridized carbons (Fsp3) is 0.818. The molecule has 1 heterocycles. The van der Waals surface area contributed by atoms with Crippen LogP contribution in [0.1, 0.15) is 13.3 Å². The number of hydrogen-bond donors (Lipinski definition) is 1. The number of aliphatic carboxylic acids is 1. The van der Waals surface area contributed by atoms with Crippen molar-refractivity contribution < 1.29 is 23.1 Å². The Morgan fingerprint density at radius 2 is 2.10 bits per heavy atom. The van der Waals surface area contributed by atoms with Crippen molar-refractivity contribution in [2.75, 3.05) is 37.4 Å². The van der Waals surface area contributed by atoms with Crippen LogP contribution in [0.25, 0.3) is 0 Å². The van der Waals surface area contributed by atoms with Gasteiger partial charge in [0.05, 0.1) is 6.42 Å². The third kappa shape index (κ3) is 4.27. The second-order valence-corrected chi connectivity index (χ2v) is 8.12. The normalized spacial score (nSPS) is 19.7. The molecule has 0 radical (unpaired) electrons. The van der Waals surface area contributed by atoms with Gasteiger partial charge in [0.2, 0.25) is 0 Å². The van der Waals surface area contributed by atoms with Gasteiger partial charge in [0, 0.05) is 37.4 Å². The van der Waals surface area contributed by atoms with Crippen molar-refractivity contribution >= 4 is 33.6 Å². The maximum Gasteiger partial charge on any atom is 0.320 e. The van der Waals surface area contributed by atoms with Crippen LogP contribution in [0.2, 0.25) is 0 Å². The lowest BCUT2D eigenvalue weighted by molar-refractivity contribution is -0.137. The second kappa shape index (κ2) is 7.16. The van der Waals surface area contributed by atoms with E-state index >= 15 is 0 Å². The molecule has 1 saturated heterocycles. The first-order valence-electron chi connectivity index (χ1n) is 6.32. The van der Waals surface area contributed by atoms with Crippen molar-refractivity contribution in [1.82, 2.24) is 9.80 Å². The minimum Gasteiger partial charge on any atom is -0.481 e. The number of carboxylic acid groups (broad SMARTS) is 1. The van der Waals surface area contributed by atoms with Crippen molar-refractivity contribution in [3.63, 3.8) is 0 Å². The minimum absolute atomic E-state index is 0.0130. The SMILES string of the molecule is CCS(=O)(=O)C1CSCCN1C(=O)N(C)CCC(=O)O. The van der Waals surface area contributed by atoms with E-state index in [-0.39, 0.29) is 18.7 Å². The zero-order valence-corrected chi connectivity index (χ0v) is 13.2. The summed E-state index contributed by atoms with van der Waals surface area (Å²) < 4.78 is 24.1. The summed E-state index contributed by atoms with van der Waals surface area (Å²) in [6.45, 7) is 1.99. The highest BCUT2D eigenvalue weighted by Crippen LogP contribution is 2.22. The van der Waals surface area contributed by atoms with Crippen LogP contribution in [0.5, 0.6) is 0 Å². The maximum absolute atomic E-state index is 12.3. The van der Waals surface area contributed by atoms with Crippen molar-refractivity contribution in [2.45, 2.75) is 18.7 Å². The molecule has 0 aromatic carbocycles. The number of thioether (sulfide) groups is 1. The van der Waals surface area contributed by atoms with E-state index in [4.69, 9.17) is 5.11 Å². The monoisotopic (exact) mass is 324 g/mol. The molecule has 20 heavy (non-hydrogen) atoms. The summed E-state index contributed by atoms with van der Waals surface area (Å²) >= 11 is 1.51. The molecular weight excluding hydrogens is 304 g/mol. The van der Waals surface area contributed by atoms with Crippen molar-refractivity contribution in [2.24, 2.45) is 0 Å². The first kappa shape index (κ1) is 17.1. The molecule has 116 valence electrons. The molecule has 0 aromatic rings. The molecule has 1 N–H and O–H groups in total. The van der Waals surface area contributed by atoms with Crippen LogP contribution in [0.3, 0.4) is 0 Å². The quantitative estimate of drug-likeness (QED) is 0.783. The molecule has 9 heteroatoms. The number of sulfone groups is 1. The molecule has 7 nitrogen and oxygen atoms in total. The third-order valence-electron chi connectivity index (χ3n) is 3.13. The smallest absolute Gasteiger partial charge is 0.320 e. The standard InChI is InChI=1S/C11H20N2O5S2/c1-3-20(17,18)9-8-19-7-6-13(9)11(16)12(2)5-4-10(14)15/h9H,3-8H2,1-2H3,(H,14,15). The Balaban J connectivity index is 2.79. The number of hydrogen-bond acceptors (Lipinski definition) is 5. The van der Waals surface area contributed by atoms with Gasteiger partial charge in [-0.1, -0.05) is 6.92 Å². The maximum atomic E-state index is 12.3. The Hall–Kier alpha value is -0.960. The molecule has 1 aliphatic rings. The van der Waals surface area contributed by atoms with E-state index in [1.807, 2.05) is 0 Å². The Morgan fingerprint density at radius 1 is 1.45 bits per heavy atom. The molecule has 0 aromatic heterocycles. The molecule has 1 rings (SSSR count). The average molecular weight is 324 g/mol. The molecule has 0 saturated carbocycles. The number of amides is 2. The van der Waals surface area contributed by atoms with E-state index in [9.17, 15) is 18.0 Å². The summed E-state index contributed by atoms with van der Waals surface area (Å²) in [4.78, 5) is 25.4. The molecule has 1 aliphatic heterocycles. The summed E-state index contributed by atoms with van der Waals surface area (Å²) in [6.07, 6.45) is -0.157. The summed E-state index contributed by atoms with van der Waals surface area (Å²) in [6, 6.07) is -0.423.